The normalized spacial score (nSPS) is 21.7. The number of benzene rings is 1. The van der Waals surface area contributed by atoms with E-state index in [1.165, 1.54) is 17.0 Å². The highest BCUT2D eigenvalue weighted by Gasteiger charge is 2.41. The Balaban J connectivity index is 1.35. The summed E-state index contributed by atoms with van der Waals surface area (Å²) in [6.45, 7) is 1.31. The van der Waals surface area contributed by atoms with Gasteiger partial charge >= 0.3 is 0 Å². The highest BCUT2D eigenvalue weighted by molar-refractivity contribution is 6.05. The molecule has 1 atom stereocenters. The van der Waals surface area contributed by atoms with Crippen molar-refractivity contribution in [2.24, 2.45) is 0 Å². The lowest BCUT2D eigenvalue weighted by molar-refractivity contribution is -0.136. The Morgan fingerprint density at radius 2 is 1.88 bits per heavy atom. The van der Waals surface area contributed by atoms with Gasteiger partial charge in [0.15, 0.2) is 0 Å². The molecule has 0 radical (unpaired) electrons. The summed E-state index contributed by atoms with van der Waals surface area (Å²) in [7, 11) is 0. The van der Waals surface area contributed by atoms with Crippen LogP contribution in [0.15, 0.2) is 30.6 Å². The van der Waals surface area contributed by atoms with Gasteiger partial charge in [-0.05, 0) is 54.5 Å². The molecule has 3 aliphatic heterocycles. The number of likely N-dealkylation sites (tertiary alicyclic amines) is 1. The quantitative estimate of drug-likeness (QED) is 0.715. The Kier molecular flexibility index (Phi) is 5.03. The number of carbonyl (C=O) groups excluding carboxylic acids is 4. The van der Waals surface area contributed by atoms with Gasteiger partial charge < -0.3 is 14.8 Å². The number of halogens is 1. The third kappa shape index (κ3) is 3.47. The predicted molar refractivity (Wildman–Crippen MR) is 111 cm³/mol. The van der Waals surface area contributed by atoms with Crippen LogP contribution >= 0.6 is 0 Å². The molecule has 2 fully saturated rings. The number of rotatable bonds is 3. The number of aromatic nitrogens is 1. The van der Waals surface area contributed by atoms with E-state index in [4.69, 9.17) is 0 Å². The van der Waals surface area contributed by atoms with Gasteiger partial charge in [-0.3, -0.25) is 24.5 Å². The molecule has 1 unspecified atom stereocenters. The molecule has 1 aromatic heterocycles. The minimum atomic E-state index is -0.732. The van der Waals surface area contributed by atoms with Crippen LogP contribution in [0.25, 0.3) is 0 Å². The number of H-pyrrole nitrogens is 1. The van der Waals surface area contributed by atoms with Crippen LogP contribution in [-0.2, 0) is 16.1 Å². The van der Waals surface area contributed by atoms with Crippen LogP contribution in [0.3, 0.4) is 0 Å². The van der Waals surface area contributed by atoms with Crippen LogP contribution in [-0.4, -0.2) is 57.5 Å². The number of piperidine rings is 2. The molecule has 0 aliphatic carbocycles. The number of fused-ring (bicyclic) bond motifs is 1. The first-order chi connectivity index (χ1) is 15.4. The van der Waals surface area contributed by atoms with E-state index in [1.807, 2.05) is 0 Å². The largest absolute Gasteiger partial charge is 0.367 e. The summed E-state index contributed by atoms with van der Waals surface area (Å²) >= 11 is 0. The molecule has 2 aromatic rings. The number of aromatic amines is 1. The number of nitrogens with zero attached hydrogens (tertiary/aromatic N) is 2. The zero-order chi connectivity index (χ0) is 22.4. The topological polar surface area (TPSA) is 103 Å². The highest BCUT2D eigenvalue weighted by atomic mass is 19.1. The molecule has 9 heteroatoms. The highest BCUT2D eigenvalue weighted by Crippen LogP contribution is 2.38. The van der Waals surface area contributed by atoms with Gasteiger partial charge in [-0.2, -0.15) is 0 Å². The Hall–Kier alpha value is -3.49. The second-order valence-electron chi connectivity index (χ2n) is 8.59. The van der Waals surface area contributed by atoms with Crippen molar-refractivity contribution in [3.8, 4) is 0 Å². The Morgan fingerprint density at radius 1 is 1.09 bits per heavy atom. The van der Waals surface area contributed by atoms with Crippen LogP contribution in [0.2, 0.25) is 0 Å². The predicted octanol–water partition coefficient (Wildman–Crippen LogP) is 1.93. The smallest absolute Gasteiger partial charge is 0.255 e. The standard InChI is InChI=1S/C23H23FN4O4/c24-15-9-16(13-4-7-27(8-5-13)22(31)14-3-6-25-11-14)18-12-28(23(32)17(18)10-15)19-1-2-20(29)26-21(19)30/h3,6,9-11,13,19,25H,1-2,4-5,7-8,12H2,(H,26,29,30). The average molecular weight is 438 g/mol. The van der Waals surface area contributed by atoms with Gasteiger partial charge in [0, 0.05) is 44.0 Å². The van der Waals surface area contributed by atoms with E-state index in [1.54, 1.807) is 23.4 Å². The lowest BCUT2D eigenvalue weighted by Gasteiger charge is -2.33. The Labute approximate surface area is 183 Å². The van der Waals surface area contributed by atoms with Crippen molar-refractivity contribution >= 4 is 23.6 Å². The SMILES string of the molecule is O=C1CCC(N2Cc3c(cc(F)cc3C3CCN(C(=O)c4cc[nH]c4)CC3)C2=O)C(=O)N1. The Morgan fingerprint density at radius 3 is 2.56 bits per heavy atom. The van der Waals surface area contributed by atoms with Crippen molar-refractivity contribution in [2.45, 2.75) is 44.2 Å². The van der Waals surface area contributed by atoms with E-state index in [0.29, 0.717) is 31.5 Å². The van der Waals surface area contributed by atoms with Crippen molar-refractivity contribution in [2.75, 3.05) is 13.1 Å². The van der Waals surface area contributed by atoms with E-state index >= 15 is 0 Å². The number of hydrogen-bond acceptors (Lipinski definition) is 4. The van der Waals surface area contributed by atoms with E-state index in [9.17, 15) is 23.6 Å². The minimum absolute atomic E-state index is 0.0178. The fourth-order valence-corrected chi connectivity index (χ4v) is 5.05. The molecular weight excluding hydrogens is 415 g/mol. The molecule has 1 aromatic carbocycles. The van der Waals surface area contributed by atoms with Crippen LogP contribution in [0.1, 0.15) is 63.4 Å². The molecule has 8 nitrogen and oxygen atoms in total. The summed E-state index contributed by atoms with van der Waals surface area (Å²) in [5.74, 6) is -1.71. The van der Waals surface area contributed by atoms with Crippen LogP contribution in [0.5, 0.6) is 0 Å². The van der Waals surface area contributed by atoms with Crippen LogP contribution < -0.4 is 5.32 Å². The molecule has 4 amide bonds. The van der Waals surface area contributed by atoms with Crippen molar-refractivity contribution in [3.63, 3.8) is 0 Å². The van der Waals surface area contributed by atoms with Gasteiger partial charge in [0.2, 0.25) is 11.8 Å². The monoisotopic (exact) mass is 438 g/mol. The van der Waals surface area contributed by atoms with Crippen molar-refractivity contribution < 1.29 is 23.6 Å². The summed E-state index contributed by atoms with van der Waals surface area (Å²) in [4.78, 5) is 55.5. The molecule has 166 valence electrons. The maximum Gasteiger partial charge on any atom is 0.255 e. The number of carbonyl (C=O) groups is 4. The van der Waals surface area contributed by atoms with Gasteiger partial charge in [-0.1, -0.05) is 0 Å². The Bertz CT molecular complexity index is 1110. The van der Waals surface area contributed by atoms with Crippen molar-refractivity contribution in [3.05, 3.63) is 58.7 Å². The summed E-state index contributed by atoms with van der Waals surface area (Å²) < 4.78 is 14.5. The molecule has 2 saturated heterocycles. The minimum Gasteiger partial charge on any atom is -0.367 e. The average Bonchev–Trinajstić information content (AvgIpc) is 3.42. The number of imide groups is 1. The molecule has 0 saturated carbocycles. The molecule has 5 rings (SSSR count). The third-order valence-electron chi connectivity index (χ3n) is 6.72. The maximum atomic E-state index is 14.5. The molecule has 4 heterocycles. The number of amides is 4. The number of hydrogen-bond donors (Lipinski definition) is 2. The molecule has 32 heavy (non-hydrogen) atoms. The second kappa shape index (κ2) is 7.89. The summed E-state index contributed by atoms with van der Waals surface area (Å²) in [6, 6.07) is 3.72. The van der Waals surface area contributed by atoms with Gasteiger partial charge in [0.1, 0.15) is 11.9 Å². The van der Waals surface area contributed by atoms with Crippen LogP contribution in [0, 0.1) is 5.82 Å². The van der Waals surface area contributed by atoms with E-state index < -0.39 is 17.8 Å². The lowest BCUT2D eigenvalue weighted by atomic mass is 9.85. The van der Waals surface area contributed by atoms with E-state index in [0.717, 1.165) is 11.1 Å². The fourth-order valence-electron chi connectivity index (χ4n) is 5.05. The van der Waals surface area contributed by atoms with Crippen molar-refractivity contribution in [1.82, 2.24) is 20.1 Å². The molecular formula is C23H23FN4O4. The summed E-state index contributed by atoms with van der Waals surface area (Å²) in [6.07, 6.45) is 5.15. The number of nitrogens with one attached hydrogen (secondary N) is 2. The van der Waals surface area contributed by atoms with Gasteiger partial charge in [-0.15, -0.1) is 0 Å². The van der Waals surface area contributed by atoms with Gasteiger partial charge in [-0.25, -0.2) is 4.39 Å². The fraction of sp³-hybridized carbons (Fsp3) is 0.391. The molecule has 2 N–H and O–H groups in total. The van der Waals surface area contributed by atoms with E-state index in [2.05, 4.69) is 10.3 Å². The van der Waals surface area contributed by atoms with Gasteiger partial charge in [0.05, 0.1) is 5.56 Å². The third-order valence-corrected chi connectivity index (χ3v) is 6.72. The lowest BCUT2D eigenvalue weighted by Crippen LogP contribution is -2.52. The molecule has 0 bridgehead atoms. The van der Waals surface area contributed by atoms with E-state index in [-0.39, 0.29) is 48.6 Å². The first-order valence-corrected chi connectivity index (χ1v) is 10.8. The first kappa shape index (κ1) is 20.4. The summed E-state index contributed by atoms with van der Waals surface area (Å²) in [5.41, 5.74) is 2.42. The maximum absolute atomic E-state index is 14.5. The summed E-state index contributed by atoms with van der Waals surface area (Å²) in [5, 5.41) is 2.28. The second-order valence-corrected chi connectivity index (χ2v) is 8.59. The van der Waals surface area contributed by atoms with Crippen molar-refractivity contribution in [1.29, 1.82) is 0 Å². The first-order valence-electron chi connectivity index (χ1n) is 10.8. The zero-order valence-electron chi connectivity index (χ0n) is 17.4. The zero-order valence-corrected chi connectivity index (χ0v) is 17.4. The molecule has 0 spiro atoms. The van der Waals surface area contributed by atoms with Crippen LogP contribution in [0.4, 0.5) is 4.39 Å². The molecule has 3 aliphatic rings. The van der Waals surface area contributed by atoms with Gasteiger partial charge in [0.25, 0.3) is 11.8 Å².